The van der Waals surface area contributed by atoms with Crippen LogP contribution in [0.5, 0.6) is 0 Å². The molecular formula is C27H35N3O4. The van der Waals surface area contributed by atoms with Crippen molar-refractivity contribution in [3.05, 3.63) is 47.5 Å². The Hall–Kier alpha value is -2.96. The summed E-state index contributed by atoms with van der Waals surface area (Å²) in [5.41, 5.74) is 2.02. The second-order valence-electron chi connectivity index (χ2n) is 9.85. The lowest BCUT2D eigenvalue weighted by atomic mass is 9.85. The quantitative estimate of drug-likeness (QED) is 0.472. The molecule has 4 amide bonds. The normalized spacial score (nSPS) is 23.2. The highest BCUT2D eigenvalue weighted by Crippen LogP contribution is 2.35. The number of nitrogens with zero attached hydrogens (tertiary/aromatic N) is 2. The van der Waals surface area contributed by atoms with Gasteiger partial charge in [0.2, 0.25) is 23.6 Å². The van der Waals surface area contributed by atoms with Crippen LogP contribution in [-0.2, 0) is 25.7 Å². The highest BCUT2D eigenvalue weighted by molar-refractivity contribution is 6.05. The van der Waals surface area contributed by atoms with Gasteiger partial charge in [-0.15, -0.1) is 0 Å². The molecule has 1 saturated heterocycles. The first-order chi connectivity index (χ1) is 16.4. The van der Waals surface area contributed by atoms with E-state index in [-0.39, 0.29) is 54.5 Å². The first kappa shape index (κ1) is 24.2. The number of amides is 4. The number of carbonyl (C=O) groups is 4. The SMILES string of the molecule is Cc1ccccc1CN(C(=O)CCN1C(=O)[C@H]2CC=CC[C@H]2C1=O)[C@@H](C)C(=O)NC1CCCC1. The summed E-state index contributed by atoms with van der Waals surface area (Å²) in [5, 5.41) is 3.10. The van der Waals surface area contributed by atoms with E-state index in [0.717, 1.165) is 36.8 Å². The lowest BCUT2D eigenvalue weighted by Gasteiger charge is -2.30. The minimum absolute atomic E-state index is 0.0112. The Morgan fingerprint density at radius 2 is 1.68 bits per heavy atom. The number of nitrogens with one attached hydrogen (secondary N) is 1. The summed E-state index contributed by atoms with van der Waals surface area (Å²) in [6.07, 6.45) is 9.25. The Kier molecular flexibility index (Phi) is 7.49. The summed E-state index contributed by atoms with van der Waals surface area (Å²) in [4.78, 5) is 54.9. The van der Waals surface area contributed by atoms with E-state index in [1.165, 1.54) is 4.90 Å². The Balaban J connectivity index is 1.45. The van der Waals surface area contributed by atoms with Crippen molar-refractivity contribution in [2.45, 2.75) is 77.4 Å². The third-order valence-electron chi connectivity index (χ3n) is 7.62. The molecule has 2 aliphatic carbocycles. The van der Waals surface area contributed by atoms with Crippen molar-refractivity contribution in [1.82, 2.24) is 15.1 Å². The zero-order valence-electron chi connectivity index (χ0n) is 20.2. The second-order valence-corrected chi connectivity index (χ2v) is 9.85. The number of benzene rings is 1. The molecule has 0 radical (unpaired) electrons. The fourth-order valence-electron chi connectivity index (χ4n) is 5.39. The van der Waals surface area contributed by atoms with Gasteiger partial charge in [0.05, 0.1) is 11.8 Å². The summed E-state index contributed by atoms with van der Waals surface area (Å²) in [6.45, 7) is 4.11. The minimum atomic E-state index is -0.649. The third kappa shape index (κ3) is 5.08. The number of imide groups is 1. The van der Waals surface area contributed by atoms with E-state index in [2.05, 4.69) is 5.32 Å². The van der Waals surface area contributed by atoms with Crippen LogP contribution in [0.25, 0.3) is 0 Å². The van der Waals surface area contributed by atoms with E-state index in [9.17, 15) is 19.2 Å². The predicted molar refractivity (Wildman–Crippen MR) is 128 cm³/mol. The van der Waals surface area contributed by atoms with Crippen LogP contribution in [-0.4, -0.2) is 52.1 Å². The maximum absolute atomic E-state index is 13.4. The maximum atomic E-state index is 13.4. The van der Waals surface area contributed by atoms with Crippen LogP contribution in [0.1, 0.15) is 63.0 Å². The maximum Gasteiger partial charge on any atom is 0.242 e. The summed E-state index contributed by atoms with van der Waals surface area (Å²) < 4.78 is 0. The van der Waals surface area contributed by atoms with Crippen LogP contribution < -0.4 is 5.32 Å². The first-order valence-corrected chi connectivity index (χ1v) is 12.5. The van der Waals surface area contributed by atoms with Crippen molar-refractivity contribution in [3.8, 4) is 0 Å². The lowest BCUT2D eigenvalue weighted by Crippen LogP contribution is -2.50. The smallest absolute Gasteiger partial charge is 0.242 e. The molecule has 0 bridgehead atoms. The van der Waals surface area contributed by atoms with Gasteiger partial charge in [0.15, 0.2) is 0 Å². The number of hydrogen-bond donors (Lipinski definition) is 1. The molecule has 7 heteroatoms. The van der Waals surface area contributed by atoms with Gasteiger partial charge in [-0.05, 0) is 50.7 Å². The summed E-state index contributed by atoms with van der Waals surface area (Å²) in [7, 11) is 0. The molecule has 3 aliphatic rings. The van der Waals surface area contributed by atoms with E-state index in [1.54, 1.807) is 11.8 Å². The zero-order valence-corrected chi connectivity index (χ0v) is 20.2. The molecule has 1 aromatic carbocycles. The van der Waals surface area contributed by atoms with E-state index >= 15 is 0 Å². The predicted octanol–water partition coefficient (Wildman–Crippen LogP) is 3.11. The van der Waals surface area contributed by atoms with Crippen LogP contribution in [0.2, 0.25) is 0 Å². The molecule has 0 aromatic heterocycles. The number of allylic oxidation sites excluding steroid dienone is 2. The van der Waals surface area contributed by atoms with Gasteiger partial charge in [-0.2, -0.15) is 0 Å². The van der Waals surface area contributed by atoms with Gasteiger partial charge in [-0.25, -0.2) is 0 Å². The van der Waals surface area contributed by atoms with Crippen molar-refractivity contribution in [3.63, 3.8) is 0 Å². The Morgan fingerprint density at radius 1 is 1.06 bits per heavy atom. The number of fused-ring (bicyclic) bond motifs is 1. The fraction of sp³-hybridized carbons (Fsp3) is 0.556. The van der Waals surface area contributed by atoms with E-state index in [0.29, 0.717) is 19.4 Å². The number of aryl methyl sites for hydroxylation is 1. The Bertz CT molecular complexity index is 956. The molecule has 4 rings (SSSR count). The summed E-state index contributed by atoms with van der Waals surface area (Å²) in [6, 6.07) is 7.33. The average Bonchev–Trinajstić information content (AvgIpc) is 3.43. The van der Waals surface area contributed by atoms with Gasteiger partial charge in [0.25, 0.3) is 0 Å². The number of hydrogen-bond acceptors (Lipinski definition) is 4. The molecule has 1 aliphatic heterocycles. The highest BCUT2D eigenvalue weighted by Gasteiger charge is 2.47. The molecule has 0 spiro atoms. The van der Waals surface area contributed by atoms with E-state index in [4.69, 9.17) is 0 Å². The van der Waals surface area contributed by atoms with Crippen molar-refractivity contribution < 1.29 is 19.2 Å². The molecule has 1 saturated carbocycles. The van der Waals surface area contributed by atoms with Gasteiger partial charge in [0, 0.05) is 25.6 Å². The Morgan fingerprint density at radius 3 is 2.29 bits per heavy atom. The van der Waals surface area contributed by atoms with Gasteiger partial charge < -0.3 is 10.2 Å². The molecule has 2 fully saturated rings. The standard InChI is InChI=1S/C27H35N3O4/c1-18-9-3-4-10-20(18)17-30(19(2)25(32)28-21-11-5-6-12-21)24(31)15-16-29-26(33)22-13-7-8-14-23(22)27(29)34/h3-4,7-10,19,21-23H,5-6,11-17H2,1-2H3,(H,28,32)/t19-,22-,23+/m0/s1. The molecule has 1 aromatic rings. The van der Waals surface area contributed by atoms with Crippen LogP contribution >= 0.6 is 0 Å². The van der Waals surface area contributed by atoms with Gasteiger partial charge in [0.1, 0.15) is 6.04 Å². The molecule has 34 heavy (non-hydrogen) atoms. The lowest BCUT2D eigenvalue weighted by molar-refractivity contribution is -0.144. The van der Waals surface area contributed by atoms with Crippen molar-refractivity contribution >= 4 is 23.6 Å². The van der Waals surface area contributed by atoms with Gasteiger partial charge >= 0.3 is 0 Å². The van der Waals surface area contributed by atoms with Gasteiger partial charge in [-0.3, -0.25) is 24.1 Å². The van der Waals surface area contributed by atoms with Gasteiger partial charge in [-0.1, -0.05) is 49.3 Å². The molecule has 1 N–H and O–H groups in total. The number of carbonyl (C=O) groups excluding carboxylic acids is 4. The molecule has 182 valence electrons. The van der Waals surface area contributed by atoms with Crippen molar-refractivity contribution in [2.24, 2.45) is 11.8 Å². The van der Waals surface area contributed by atoms with Crippen LogP contribution in [0.15, 0.2) is 36.4 Å². The average molecular weight is 466 g/mol. The molecule has 3 atom stereocenters. The molecule has 1 heterocycles. The largest absolute Gasteiger partial charge is 0.352 e. The third-order valence-corrected chi connectivity index (χ3v) is 7.62. The summed E-state index contributed by atoms with van der Waals surface area (Å²) >= 11 is 0. The monoisotopic (exact) mass is 465 g/mol. The van der Waals surface area contributed by atoms with Crippen LogP contribution in [0.4, 0.5) is 0 Å². The first-order valence-electron chi connectivity index (χ1n) is 12.5. The zero-order chi connectivity index (χ0) is 24.2. The van der Waals surface area contributed by atoms with Crippen LogP contribution in [0.3, 0.4) is 0 Å². The van der Waals surface area contributed by atoms with E-state index in [1.807, 2.05) is 43.3 Å². The Labute approximate surface area is 201 Å². The number of likely N-dealkylation sites (tertiary alicyclic amines) is 1. The number of rotatable bonds is 8. The van der Waals surface area contributed by atoms with Crippen molar-refractivity contribution in [1.29, 1.82) is 0 Å². The molecule has 7 nitrogen and oxygen atoms in total. The van der Waals surface area contributed by atoms with Crippen LogP contribution in [0, 0.1) is 18.8 Å². The molecular weight excluding hydrogens is 430 g/mol. The minimum Gasteiger partial charge on any atom is -0.352 e. The second kappa shape index (κ2) is 10.5. The van der Waals surface area contributed by atoms with Crippen molar-refractivity contribution in [2.75, 3.05) is 6.54 Å². The topological polar surface area (TPSA) is 86.8 Å². The highest BCUT2D eigenvalue weighted by atomic mass is 16.2. The fourth-order valence-corrected chi connectivity index (χ4v) is 5.39. The summed E-state index contributed by atoms with van der Waals surface area (Å²) in [5.74, 6) is -1.34. The molecule has 0 unspecified atom stereocenters. The van der Waals surface area contributed by atoms with E-state index < -0.39 is 6.04 Å².